The van der Waals surface area contributed by atoms with E-state index in [1.165, 1.54) is 0 Å². The zero-order valence-electron chi connectivity index (χ0n) is 12.7. The zero-order valence-corrected chi connectivity index (χ0v) is 12.7. The van der Waals surface area contributed by atoms with E-state index in [2.05, 4.69) is 5.32 Å². The van der Waals surface area contributed by atoms with Crippen LogP contribution < -0.4 is 5.32 Å². The summed E-state index contributed by atoms with van der Waals surface area (Å²) < 4.78 is 5.15. The zero-order chi connectivity index (χ0) is 15.1. The number of hydrogen-bond acceptors (Lipinski definition) is 3. The summed E-state index contributed by atoms with van der Waals surface area (Å²) in [5, 5.41) is 11.6. The molecule has 0 radical (unpaired) electrons. The van der Waals surface area contributed by atoms with Crippen LogP contribution in [0.1, 0.15) is 60.3 Å². The average Bonchev–Trinajstić information content (AvgIpc) is 2.29. The molecule has 1 fully saturated rings. The van der Waals surface area contributed by atoms with Crippen LogP contribution in [-0.2, 0) is 9.53 Å². The van der Waals surface area contributed by atoms with Crippen LogP contribution >= 0.6 is 0 Å². The fourth-order valence-electron chi connectivity index (χ4n) is 1.96. The molecule has 0 aromatic carbocycles. The van der Waals surface area contributed by atoms with Crippen molar-refractivity contribution in [3.63, 3.8) is 0 Å². The summed E-state index contributed by atoms with van der Waals surface area (Å²) in [4.78, 5) is 22.3. The Hall–Kier alpha value is -1.26. The summed E-state index contributed by atoms with van der Waals surface area (Å²) in [7, 11) is 0. The highest BCUT2D eigenvalue weighted by Gasteiger charge is 2.27. The first-order valence-electron chi connectivity index (χ1n) is 7.00. The van der Waals surface area contributed by atoms with Gasteiger partial charge in [0.1, 0.15) is 5.60 Å². The minimum Gasteiger partial charge on any atom is -0.481 e. The van der Waals surface area contributed by atoms with Crippen LogP contribution in [0.5, 0.6) is 0 Å². The van der Waals surface area contributed by atoms with Gasteiger partial charge in [0.2, 0.25) is 0 Å². The Morgan fingerprint density at radius 3 is 1.95 bits per heavy atom. The summed E-state index contributed by atoms with van der Waals surface area (Å²) in [5.74, 6) is -0.993. The maximum absolute atomic E-state index is 11.5. The molecule has 1 aliphatic carbocycles. The van der Waals surface area contributed by atoms with Crippen molar-refractivity contribution in [1.82, 2.24) is 5.32 Å². The van der Waals surface area contributed by atoms with Crippen LogP contribution in [0.4, 0.5) is 4.79 Å². The van der Waals surface area contributed by atoms with Crippen molar-refractivity contribution in [2.45, 2.75) is 71.9 Å². The monoisotopic (exact) mass is 273 g/mol. The van der Waals surface area contributed by atoms with Crippen molar-refractivity contribution >= 4 is 12.1 Å². The molecule has 1 aliphatic rings. The third-order valence-electron chi connectivity index (χ3n) is 2.80. The molecule has 0 heterocycles. The lowest BCUT2D eigenvalue weighted by molar-refractivity contribution is -0.142. The molecule has 1 rings (SSSR count). The summed E-state index contributed by atoms with van der Waals surface area (Å²) in [5.41, 5.74) is -0.498. The van der Waals surface area contributed by atoms with E-state index in [4.69, 9.17) is 9.84 Å². The van der Waals surface area contributed by atoms with Crippen LogP contribution in [0.2, 0.25) is 0 Å². The first-order chi connectivity index (χ1) is 8.78. The molecule has 5 nitrogen and oxygen atoms in total. The van der Waals surface area contributed by atoms with Gasteiger partial charge in [-0.15, -0.1) is 0 Å². The SMILES string of the molecule is CC.CC(C)(C)OC(=O)NC1CCC(C(=O)O)CC1. The predicted molar refractivity (Wildman–Crippen MR) is 74.1 cm³/mol. The number of carbonyl (C=O) groups excluding carboxylic acids is 1. The molecule has 1 saturated carbocycles. The first-order valence-corrected chi connectivity index (χ1v) is 7.00. The highest BCUT2D eigenvalue weighted by Crippen LogP contribution is 2.24. The van der Waals surface area contributed by atoms with Crippen LogP contribution in [0.3, 0.4) is 0 Å². The molecule has 112 valence electrons. The smallest absolute Gasteiger partial charge is 0.407 e. The van der Waals surface area contributed by atoms with Gasteiger partial charge in [-0.3, -0.25) is 4.79 Å². The quantitative estimate of drug-likeness (QED) is 0.810. The third kappa shape index (κ3) is 7.70. The van der Waals surface area contributed by atoms with E-state index in [0.717, 1.165) is 0 Å². The fraction of sp³-hybridized carbons (Fsp3) is 0.857. The number of carbonyl (C=O) groups is 2. The molecule has 19 heavy (non-hydrogen) atoms. The van der Waals surface area contributed by atoms with E-state index in [-0.39, 0.29) is 12.0 Å². The molecule has 0 bridgehead atoms. The molecule has 0 spiro atoms. The molecule has 0 aromatic rings. The van der Waals surface area contributed by atoms with Gasteiger partial charge in [0.25, 0.3) is 0 Å². The summed E-state index contributed by atoms with van der Waals surface area (Å²) in [6.45, 7) is 9.44. The second-order valence-corrected chi connectivity index (χ2v) is 5.53. The van der Waals surface area contributed by atoms with Crippen molar-refractivity contribution in [1.29, 1.82) is 0 Å². The Morgan fingerprint density at radius 1 is 1.11 bits per heavy atom. The highest BCUT2D eigenvalue weighted by molar-refractivity contribution is 5.70. The third-order valence-corrected chi connectivity index (χ3v) is 2.80. The predicted octanol–water partition coefficient (Wildman–Crippen LogP) is 3.18. The minimum absolute atomic E-state index is 0.0421. The van der Waals surface area contributed by atoms with Gasteiger partial charge >= 0.3 is 12.1 Å². The first kappa shape index (κ1) is 17.7. The number of hydrogen-bond donors (Lipinski definition) is 2. The summed E-state index contributed by atoms with van der Waals surface area (Å²) in [6.07, 6.45) is 2.23. The maximum atomic E-state index is 11.5. The molecule has 0 unspecified atom stereocenters. The highest BCUT2D eigenvalue weighted by atomic mass is 16.6. The van der Waals surface area contributed by atoms with Crippen molar-refractivity contribution < 1.29 is 19.4 Å². The van der Waals surface area contributed by atoms with Crippen molar-refractivity contribution in [3.05, 3.63) is 0 Å². The number of amides is 1. The second kappa shape index (κ2) is 8.02. The van der Waals surface area contributed by atoms with Gasteiger partial charge in [-0.1, -0.05) is 13.8 Å². The standard InChI is InChI=1S/C12H21NO4.C2H6/c1-12(2,3)17-11(16)13-9-6-4-8(5-7-9)10(14)15;1-2/h8-9H,4-7H2,1-3H3,(H,13,16)(H,14,15);1-2H3. The van der Waals surface area contributed by atoms with E-state index in [1.54, 1.807) is 0 Å². The molecule has 1 amide bonds. The van der Waals surface area contributed by atoms with Crippen LogP contribution in [-0.4, -0.2) is 28.8 Å². The van der Waals surface area contributed by atoms with Gasteiger partial charge in [-0.2, -0.15) is 0 Å². The van der Waals surface area contributed by atoms with Crippen LogP contribution in [0.15, 0.2) is 0 Å². The molecular formula is C14H27NO4. The van der Waals surface area contributed by atoms with Gasteiger partial charge < -0.3 is 15.2 Å². The molecule has 0 aliphatic heterocycles. The molecule has 2 N–H and O–H groups in total. The normalized spacial score (nSPS) is 22.8. The number of carboxylic acids is 1. The lowest BCUT2D eigenvalue weighted by Crippen LogP contribution is -2.41. The fourth-order valence-corrected chi connectivity index (χ4v) is 1.96. The van der Waals surface area contributed by atoms with Crippen LogP contribution in [0.25, 0.3) is 0 Å². The van der Waals surface area contributed by atoms with Gasteiger partial charge in [0.15, 0.2) is 0 Å². The maximum Gasteiger partial charge on any atom is 0.407 e. The average molecular weight is 273 g/mol. The van der Waals surface area contributed by atoms with Crippen LogP contribution in [0, 0.1) is 5.92 Å². The molecule has 0 saturated heterocycles. The second-order valence-electron chi connectivity index (χ2n) is 5.53. The summed E-state index contributed by atoms with van der Waals surface area (Å²) in [6, 6.07) is 0.0421. The summed E-state index contributed by atoms with van der Waals surface area (Å²) >= 11 is 0. The minimum atomic E-state index is -0.735. The molecule has 0 atom stereocenters. The van der Waals surface area contributed by atoms with E-state index < -0.39 is 17.7 Å². The van der Waals surface area contributed by atoms with Crippen molar-refractivity contribution in [3.8, 4) is 0 Å². The number of ether oxygens (including phenoxy) is 1. The van der Waals surface area contributed by atoms with E-state index in [1.807, 2.05) is 34.6 Å². The Labute approximate surface area is 115 Å². The van der Waals surface area contributed by atoms with E-state index >= 15 is 0 Å². The van der Waals surface area contributed by atoms with E-state index in [9.17, 15) is 9.59 Å². The lowest BCUT2D eigenvalue weighted by Gasteiger charge is -2.28. The van der Waals surface area contributed by atoms with Crippen molar-refractivity contribution in [2.75, 3.05) is 0 Å². The Morgan fingerprint density at radius 2 is 1.58 bits per heavy atom. The molecule has 5 heteroatoms. The molecular weight excluding hydrogens is 246 g/mol. The lowest BCUT2D eigenvalue weighted by atomic mass is 9.86. The number of aliphatic carboxylic acids is 1. The Kier molecular flexibility index (Phi) is 7.49. The van der Waals surface area contributed by atoms with Gasteiger partial charge in [-0.25, -0.2) is 4.79 Å². The van der Waals surface area contributed by atoms with Gasteiger partial charge in [0.05, 0.1) is 5.92 Å². The Bertz CT molecular complexity index is 288. The van der Waals surface area contributed by atoms with E-state index in [0.29, 0.717) is 25.7 Å². The number of rotatable bonds is 2. The number of carboxylic acid groups (broad SMARTS) is 1. The van der Waals surface area contributed by atoms with Crippen molar-refractivity contribution in [2.24, 2.45) is 5.92 Å². The molecule has 0 aromatic heterocycles. The topological polar surface area (TPSA) is 75.6 Å². The largest absolute Gasteiger partial charge is 0.481 e. The number of nitrogens with one attached hydrogen (secondary N) is 1. The van der Waals surface area contributed by atoms with Gasteiger partial charge in [0, 0.05) is 6.04 Å². The van der Waals surface area contributed by atoms with Gasteiger partial charge in [-0.05, 0) is 46.5 Å². The Balaban J connectivity index is 0.00000154. The number of alkyl carbamates (subject to hydrolysis) is 1.